The van der Waals surface area contributed by atoms with E-state index in [2.05, 4.69) is 532 Å². The molecule has 0 aliphatic carbocycles. The number of imidazole rings is 2. The molecule has 3 heterocycles. The zero-order valence-corrected chi connectivity index (χ0v) is 77.0. The first-order valence-corrected chi connectivity index (χ1v) is 48.1. The first-order valence-electron chi connectivity index (χ1n) is 48.1. The van der Waals surface area contributed by atoms with Crippen molar-refractivity contribution < 1.29 is 0 Å². The van der Waals surface area contributed by atoms with Crippen molar-refractivity contribution in [2.24, 2.45) is 4.99 Å². The highest BCUT2D eigenvalue weighted by molar-refractivity contribution is 6.26. The maximum absolute atomic E-state index is 5.29. The fourth-order valence-corrected chi connectivity index (χ4v) is 21.6. The number of benzene rings is 24. The van der Waals surface area contributed by atoms with Gasteiger partial charge in [-0.25, -0.2) is 9.97 Å². The Kier molecular flexibility index (Phi) is 21.6. The molecule has 0 amide bonds. The van der Waals surface area contributed by atoms with E-state index >= 15 is 0 Å². The maximum atomic E-state index is 5.29. The van der Waals surface area contributed by atoms with E-state index in [9.17, 15) is 0 Å². The highest BCUT2D eigenvalue weighted by atomic mass is 15.1. The lowest BCUT2D eigenvalue weighted by molar-refractivity contribution is 1.10. The van der Waals surface area contributed by atoms with Gasteiger partial charge in [0.1, 0.15) is 11.6 Å². The van der Waals surface area contributed by atoms with Crippen LogP contribution < -0.4 is 0 Å². The van der Waals surface area contributed by atoms with E-state index in [4.69, 9.17) is 15.0 Å². The van der Waals surface area contributed by atoms with Gasteiger partial charge < -0.3 is 0 Å². The minimum atomic E-state index is 0.0792. The maximum Gasteiger partial charge on any atom is 0.145 e. The van der Waals surface area contributed by atoms with Gasteiger partial charge in [-0.05, 0) is 261 Å². The summed E-state index contributed by atoms with van der Waals surface area (Å²) in [6.45, 7) is 2.18. The number of para-hydroxylation sites is 5. The molecule has 5 nitrogen and oxygen atoms in total. The molecule has 0 fully saturated rings. The van der Waals surface area contributed by atoms with Crippen molar-refractivity contribution >= 4 is 109 Å². The second kappa shape index (κ2) is 36.2. The molecule has 2 aromatic heterocycles. The van der Waals surface area contributed by atoms with E-state index in [1.807, 2.05) is 12.1 Å². The molecule has 0 saturated carbocycles. The molecular weight excluding hydrogens is 1690 g/mol. The summed E-state index contributed by atoms with van der Waals surface area (Å²) in [4.78, 5) is 15.4. The zero-order chi connectivity index (χ0) is 92.9. The Hall–Kier alpha value is -18.3. The molecule has 0 saturated heterocycles. The van der Waals surface area contributed by atoms with Gasteiger partial charge in [-0.2, -0.15) is 0 Å². The first kappa shape index (κ1) is 83.5. The molecular formula is C135H91N5. The summed E-state index contributed by atoms with van der Waals surface area (Å²) in [6, 6.07) is 190. The monoisotopic (exact) mass is 1780 g/mol. The average Bonchev–Trinajstić information content (AvgIpc) is 0.967. The summed E-state index contributed by atoms with van der Waals surface area (Å²) in [5, 5.41) is 17.6. The van der Waals surface area contributed by atoms with E-state index in [0.29, 0.717) is 0 Å². The van der Waals surface area contributed by atoms with Gasteiger partial charge in [-0.1, -0.05) is 461 Å². The van der Waals surface area contributed by atoms with Crippen LogP contribution in [0.2, 0.25) is 0 Å². The number of fused-ring (bicyclic) bond motifs is 10. The van der Waals surface area contributed by atoms with Gasteiger partial charge in [0.15, 0.2) is 0 Å². The topological polar surface area (TPSA) is 48.0 Å². The third kappa shape index (κ3) is 15.2. The van der Waals surface area contributed by atoms with Crippen LogP contribution >= 0.6 is 0 Å². The quantitative estimate of drug-likeness (QED) is 0.102. The molecule has 1 aliphatic rings. The van der Waals surface area contributed by atoms with Crippen molar-refractivity contribution in [3.63, 3.8) is 0 Å². The van der Waals surface area contributed by atoms with E-state index in [1.165, 1.54) is 181 Å². The largest absolute Gasteiger partial charge is 0.292 e. The van der Waals surface area contributed by atoms with Crippen molar-refractivity contribution in [2.75, 3.05) is 0 Å². The second-order valence-corrected chi connectivity index (χ2v) is 36.3. The van der Waals surface area contributed by atoms with Crippen LogP contribution in [0.3, 0.4) is 0 Å². The van der Waals surface area contributed by atoms with E-state index < -0.39 is 0 Å². The Labute approximate surface area is 813 Å². The molecule has 0 bridgehead atoms. The third-order valence-corrected chi connectivity index (χ3v) is 28.0. The third-order valence-electron chi connectivity index (χ3n) is 28.0. The Morgan fingerprint density at radius 2 is 0.493 bits per heavy atom. The van der Waals surface area contributed by atoms with E-state index in [0.717, 1.165) is 73.2 Å². The van der Waals surface area contributed by atoms with Crippen LogP contribution in [0.1, 0.15) is 28.2 Å². The fraction of sp³-hybridized carbons (Fsp3) is 0.0148. The Bertz CT molecular complexity index is 9240. The minimum Gasteiger partial charge on any atom is -0.292 e. The van der Waals surface area contributed by atoms with Crippen molar-refractivity contribution in [1.29, 1.82) is 0 Å². The summed E-state index contributed by atoms with van der Waals surface area (Å²) in [6.07, 6.45) is 0. The first-order chi connectivity index (χ1) is 69.4. The predicted octanol–water partition coefficient (Wildman–Crippen LogP) is 36.1. The van der Waals surface area contributed by atoms with Crippen molar-refractivity contribution in [1.82, 2.24) is 19.1 Å². The SMILES string of the molecule is Cc1ccc2c(-c3ccccc3)c3ccccc3c(-c3ccc(-n4c(-c5ccccc5)nc5ccccc54)cc3)c2c1.c1ccc(-c2c3ccccc3c(-c3ccc4ccccc4c3)c3ccc(-c4ccc(-n5c(-c6ccccc6)nc6ccccc65)cc4)cc23)cc1.c1ccc(-c2ccc(-c3c4ccccc4c(-c4ccccc4)c4cc(C5=Nc6ccccc6C5c5ccccc5)ccc34)cc2)cc1. The zero-order valence-electron chi connectivity index (χ0n) is 77.0. The van der Waals surface area contributed by atoms with Gasteiger partial charge >= 0.3 is 0 Å². The van der Waals surface area contributed by atoms with Crippen LogP contribution in [0.25, 0.3) is 221 Å². The van der Waals surface area contributed by atoms with Gasteiger partial charge in [0.2, 0.25) is 0 Å². The number of aliphatic imine (C=N–C) groups is 1. The van der Waals surface area contributed by atoms with Gasteiger partial charge in [0.25, 0.3) is 0 Å². The van der Waals surface area contributed by atoms with Crippen LogP contribution in [0, 0.1) is 6.92 Å². The molecule has 656 valence electrons. The van der Waals surface area contributed by atoms with Gasteiger partial charge in [0, 0.05) is 22.5 Å². The molecule has 1 aliphatic heterocycles. The number of rotatable bonds is 14. The number of aromatic nitrogens is 4. The van der Waals surface area contributed by atoms with Gasteiger partial charge in [-0.15, -0.1) is 0 Å². The van der Waals surface area contributed by atoms with Crippen LogP contribution in [0.4, 0.5) is 5.69 Å². The standard InChI is InChI=1S/C49H32N2.C46H31N.C40H28N2/c1-3-14-35(15-4-1)47-41-19-9-10-20-42(41)48(39-24-23-33-13-7-8-18-37(33)31-39)43-30-27-38(32-44(43)47)34-25-28-40(29-26-34)51-46-22-12-11-21-45(46)50-49(51)36-16-5-2-6-17-36;1-4-14-31(15-5-1)32-24-26-35(27-25-32)43-37-20-10-11-21-38(37)44(33-16-6-2-7-17-33)41-30-36(28-29-39(41)43)46-45(34-18-8-3-9-19-34)40-22-12-13-23-42(40)47-46;1-27-20-25-34-35(26-27)39(33-17-9-8-16-32(33)38(34)28-12-4-2-5-13-28)29-21-23-31(24-22-29)42-37-19-11-10-18-36(37)41-40(42)30-14-6-3-7-15-30/h1-32H;1-30,45H;2-26H,1H3. The number of nitrogens with zero attached hydrogens (tertiary/aromatic N) is 5. The summed E-state index contributed by atoms with van der Waals surface area (Å²) in [7, 11) is 0. The smallest absolute Gasteiger partial charge is 0.145 e. The molecule has 27 rings (SSSR count). The highest BCUT2D eigenvalue weighted by Crippen LogP contribution is 2.51. The highest BCUT2D eigenvalue weighted by Gasteiger charge is 2.32. The predicted molar refractivity (Wildman–Crippen MR) is 591 cm³/mol. The molecule has 24 aromatic carbocycles. The lowest BCUT2D eigenvalue weighted by atomic mass is 9.82. The van der Waals surface area contributed by atoms with Crippen molar-refractivity contribution in [3.8, 4) is 123 Å². The van der Waals surface area contributed by atoms with Gasteiger partial charge in [-0.3, -0.25) is 14.1 Å². The summed E-state index contributed by atoms with van der Waals surface area (Å²) in [5.41, 5.74) is 35.4. The Morgan fingerprint density at radius 1 is 0.193 bits per heavy atom. The Balaban J connectivity index is 0.000000111. The van der Waals surface area contributed by atoms with E-state index in [-0.39, 0.29) is 5.92 Å². The number of aryl methyl sites for hydroxylation is 1. The molecule has 0 radical (unpaired) electrons. The number of hydrogen-bond acceptors (Lipinski definition) is 3. The van der Waals surface area contributed by atoms with Crippen LogP contribution in [-0.2, 0) is 0 Å². The molecule has 26 aromatic rings. The van der Waals surface area contributed by atoms with E-state index in [1.54, 1.807) is 0 Å². The minimum absolute atomic E-state index is 0.0792. The molecule has 1 unspecified atom stereocenters. The van der Waals surface area contributed by atoms with Crippen LogP contribution in [0.5, 0.6) is 0 Å². The lowest BCUT2D eigenvalue weighted by Gasteiger charge is -2.20. The summed E-state index contributed by atoms with van der Waals surface area (Å²) in [5.74, 6) is 1.97. The van der Waals surface area contributed by atoms with Crippen LogP contribution in [-0.4, -0.2) is 24.8 Å². The molecule has 0 spiro atoms. The van der Waals surface area contributed by atoms with Gasteiger partial charge in [0.05, 0.1) is 39.4 Å². The second-order valence-electron chi connectivity index (χ2n) is 36.3. The van der Waals surface area contributed by atoms with Crippen molar-refractivity contribution in [3.05, 3.63) is 550 Å². The molecule has 5 heteroatoms. The van der Waals surface area contributed by atoms with Crippen LogP contribution in [0.15, 0.2) is 533 Å². The summed E-state index contributed by atoms with van der Waals surface area (Å²) < 4.78 is 4.54. The Morgan fingerprint density at radius 3 is 0.971 bits per heavy atom. The summed E-state index contributed by atoms with van der Waals surface area (Å²) >= 11 is 0. The lowest BCUT2D eigenvalue weighted by Crippen LogP contribution is -2.11. The molecule has 1 atom stereocenters. The molecule has 0 N–H and O–H groups in total. The normalized spacial score (nSPS) is 12.3. The fourth-order valence-electron chi connectivity index (χ4n) is 21.6. The van der Waals surface area contributed by atoms with Crippen molar-refractivity contribution in [2.45, 2.75) is 12.8 Å². The number of hydrogen-bond donors (Lipinski definition) is 0. The average molecular weight is 1780 g/mol. The molecule has 140 heavy (non-hydrogen) atoms.